The first kappa shape index (κ1) is 23.7. The van der Waals surface area contributed by atoms with Crippen LogP contribution in [-0.4, -0.2) is 49.0 Å². The maximum atomic E-state index is 12.3. The van der Waals surface area contributed by atoms with Gasteiger partial charge in [0.05, 0.1) is 5.56 Å². The molecule has 1 N–H and O–H groups in total. The Morgan fingerprint density at radius 3 is 2.43 bits per heavy atom. The summed E-state index contributed by atoms with van der Waals surface area (Å²) >= 11 is 6.07. The molecule has 1 atom stereocenters. The van der Waals surface area contributed by atoms with E-state index in [0.29, 0.717) is 16.1 Å². The molecule has 0 radical (unpaired) electrons. The van der Waals surface area contributed by atoms with Gasteiger partial charge >= 0.3 is 5.97 Å². The van der Waals surface area contributed by atoms with Gasteiger partial charge in [0.15, 0.2) is 6.10 Å². The second-order valence-corrected chi connectivity index (χ2v) is 10.4. The van der Waals surface area contributed by atoms with E-state index >= 15 is 0 Å². The Kier molecular flexibility index (Phi) is 7.14. The van der Waals surface area contributed by atoms with Crippen molar-refractivity contribution in [2.24, 2.45) is 5.41 Å². The van der Waals surface area contributed by atoms with Gasteiger partial charge in [0, 0.05) is 42.5 Å². The second kappa shape index (κ2) is 9.04. The number of halogens is 1. The average Bonchev–Trinajstić information content (AvgIpc) is 2.64. The first-order chi connectivity index (χ1) is 13.8. The highest BCUT2D eigenvalue weighted by Crippen LogP contribution is 2.29. The first-order valence-electron chi connectivity index (χ1n) is 8.91. The number of carbonyl (C=O) groups is 1. The van der Waals surface area contributed by atoms with Crippen LogP contribution in [0, 0.1) is 17.3 Å². The average molecular weight is 451 g/mol. The number of nitrogens with zero attached hydrogens (tertiary/aromatic N) is 2. The minimum Gasteiger partial charge on any atom is -0.478 e. The van der Waals surface area contributed by atoms with Crippen LogP contribution in [0.3, 0.4) is 0 Å². The fraction of sp³-hybridized carbons (Fsp3) is 0.333. The van der Waals surface area contributed by atoms with E-state index in [0.717, 1.165) is 4.31 Å². The Balaban J connectivity index is 2.46. The minimum atomic E-state index is -3.65. The molecule has 30 heavy (non-hydrogen) atoms. The highest BCUT2D eigenvalue weighted by Gasteiger charge is 2.33. The molecule has 1 aromatic carbocycles. The molecule has 0 fully saturated rings. The van der Waals surface area contributed by atoms with E-state index in [4.69, 9.17) is 16.3 Å². The lowest BCUT2D eigenvalue weighted by Crippen LogP contribution is -2.39. The van der Waals surface area contributed by atoms with E-state index in [2.05, 4.69) is 16.8 Å². The summed E-state index contributed by atoms with van der Waals surface area (Å²) in [5.74, 6) is 4.88. The second-order valence-electron chi connectivity index (χ2n) is 7.79. The summed E-state index contributed by atoms with van der Waals surface area (Å²) in [6.45, 7) is 5.28. The van der Waals surface area contributed by atoms with Crippen molar-refractivity contribution in [2.45, 2.75) is 31.8 Å². The number of aromatic nitrogens is 1. The van der Waals surface area contributed by atoms with Crippen LogP contribution in [0.1, 0.15) is 31.9 Å². The maximum Gasteiger partial charge on any atom is 0.345 e. The summed E-state index contributed by atoms with van der Waals surface area (Å²) < 4.78 is 31.4. The zero-order chi connectivity index (χ0) is 22.7. The van der Waals surface area contributed by atoms with Crippen molar-refractivity contribution in [3.8, 4) is 17.6 Å². The van der Waals surface area contributed by atoms with Crippen molar-refractivity contribution in [2.75, 3.05) is 14.1 Å². The van der Waals surface area contributed by atoms with E-state index in [1.807, 2.05) is 0 Å². The lowest BCUT2D eigenvalue weighted by molar-refractivity contribution is -0.150. The number of carboxylic acid groups (broad SMARTS) is 1. The van der Waals surface area contributed by atoms with Gasteiger partial charge in [0.2, 0.25) is 10.0 Å². The third kappa shape index (κ3) is 5.72. The molecule has 0 spiro atoms. The molecule has 1 unspecified atom stereocenters. The third-order valence-electron chi connectivity index (χ3n) is 4.03. The molecule has 2 rings (SSSR count). The van der Waals surface area contributed by atoms with Crippen molar-refractivity contribution >= 4 is 27.6 Å². The summed E-state index contributed by atoms with van der Waals surface area (Å²) in [7, 11) is -0.791. The Morgan fingerprint density at radius 2 is 1.87 bits per heavy atom. The van der Waals surface area contributed by atoms with Crippen LogP contribution in [0.25, 0.3) is 0 Å². The van der Waals surface area contributed by atoms with Crippen LogP contribution < -0.4 is 4.74 Å². The predicted octanol–water partition coefficient (Wildman–Crippen LogP) is 3.26. The number of aliphatic carboxylic acids is 1. The van der Waals surface area contributed by atoms with Crippen LogP contribution in [0.5, 0.6) is 5.75 Å². The fourth-order valence-corrected chi connectivity index (χ4v) is 3.47. The molecule has 0 saturated carbocycles. The molecule has 0 aliphatic heterocycles. The molecule has 0 aliphatic rings. The van der Waals surface area contributed by atoms with Crippen molar-refractivity contribution in [1.82, 2.24) is 9.29 Å². The lowest BCUT2D eigenvalue weighted by atomic mass is 9.89. The molecule has 0 aliphatic carbocycles. The standard InChI is InChI=1S/C21H23ClN2O5S/c1-21(2,3)19(20(25)26)29-18-9-8-16(22)11-15(18)7-6-14-10-17(13-23-12-14)30(27,28)24(4)5/h8-13,19H,1-5H3,(H,25,26). The fourth-order valence-electron chi connectivity index (χ4n) is 2.41. The first-order valence-corrected chi connectivity index (χ1v) is 10.7. The summed E-state index contributed by atoms with van der Waals surface area (Å²) in [4.78, 5) is 15.6. The quantitative estimate of drug-likeness (QED) is 0.702. The third-order valence-corrected chi connectivity index (χ3v) is 6.05. The molecule has 0 amide bonds. The molecule has 0 saturated heterocycles. The number of benzene rings is 1. The molecule has 0 bridgehead atoms. The van der Waals surface area contributed by atoms with Gasteiger partial charge in [-0.3, -0.25) is 4.98 Å². The molecule has 1 aromatic heterocycles. The normalized spacial score (nSPS) is 12.8. The molecule has 2 aromatic rings. The van der Waals surface area contributed by atoms with Crippen molar-refractivity contribution in [3.63, 3.8) is 0 Å². The monoisotopic (exact) mass is 450 g/mol. The highest BCUT2D eigenvalue weighted by atomic mass is 35.5. The van der Waals surface area contributed by atoms with Crippen molar-refractivity contribution in [3.05, 3.63) is 52.8 Å². The Labute approximate surface area is 181 Å². The van der Waals surface area contributed by atoms with E-state index in [-0.39, 0.29) is 10.6 Å². The maximum absolute atomic E-state index is 12.3. The number of pyridine rings is 1. The number of ether oxygens (including phenoxy) is 1. The Bertz CT molecular complexity index is 1110. The van der Waals surface area contributed by atoms with Gasteiger partial charge in [-0.15, -0.1) is 0 Å². The zero-order valence-electron chi connectivity index (χ0n) is 17.3. The van der Waals surface area contributed by atoms with Gasteiger partial charge in [-0.1, -0.05) is 44.2 Å². The molecule has 1 heterocycles. The Morgan fingerprint density at radius 1 is 1.20 bits per heavy atom. The minimum absolute atomic E-state index is 0.0144. The van der Waals surface area contributed by atoms with Gasteiger partial charge in [0.25, 0.3) is 0 Å². The van der Waals surface area contributed by atoms with Gasteiger partial charge in [0.1, 0.15) is 10.6 Å². The molecular formula is C21H23ClN2O5S. The number of carboxylic acids is 1. The smallest absolute Gasteiger partial charge is 0.345 e. The van der Waals surface area contributed by atoms with Crippen LogP contribution in [-0.2, 0) is 14.8 Å². The summed E-state index contributed by atoms with van der Waals surface area (Å²) in [6.07, 6.45) is 1.58. The predicted molar refractivity (Wildman–Crippen MR) is 114 cm³/mol. The summed E-state index contributed by atoms with van der Waals surface area (Å²) in [6, 6.07) is 6.10. The van der Waals surface area contributed by atoms with Gasteiger partial charge in [-0.05, 0) is 24.3 Å². The summed E-state index contributed by atoms with van der Waals surface area (Å²) in [5, 5.41) is 9.92. The number of rotatable bonds is 5. The largest absolute Gasteiger partial charge is 0.478 e. The number of sulfonamides is 1. The topological polar surface area (TPSA) is 96.8 Å². The SMILES string of the molecule is CN(C)S(=O)(=O)c1cncc(C#Cc2cc(Cl)ccc2OC(C(=O)O)C(C)(C)C)c1. The number of hydrogen-bond acceptors (Lipinski definition) is 5. The lowest BCUT2D eigenvalue weighted by Gasteiger charge is -2.28. The van der Waals surface area contributed by atoms with Gasteiger partial charge < -0.3 is 9.84 Å². The van der Waals surface area contributed by atoms with Gasteiger partial charge in [-0.25, -0.2) is 17.5 Å². The van der Waals surface area contributed by atoms with E-state index < -0.39 is 27.5 Å². The van der Waals surface area contributed by atoms with Crippen LogP contribution in [0.2, 0.25) is 5.02 Å². The Hall–Kier alpha value is -2.60. The van der Waals surface area contributed by atoms with Crippen LogP contribution in [0.15, 0.2) is 41.6 Å². The molecular weight excluding hydrogens is 428 g/mol. The molecule has 9 heteroatoms. The van der Waals surface area contributed by atoms with Crippen molar-refractivity contribution < 1.29 is 23.1 Å². The van der Waals surface area contributed by atoms with Crippen LogP contribution in [0.4, 0.5) is 0 Å². The van der Waals surface area contributed by atoms with Crippen molar-refractivity contribution in [1.29, 1.82) is 0 Å². The van der Waals surface area contributed by atoms with Crippen LogP contribution >= 0.6 is 11.6 Å². The van der Waals surface area contributed by atoms with E-state index in [1.54, 1.807) is 39.0 Å². The summed E-state index contributed by atoms with van der Waals surface area (Å²) in [5.41, 5.74) is 0.0860. The highest BCUT2D eigenvalue weighted by molar-refractivity contribution is 7.89. The van der Waals surface area contributed by atoms with E-state index in [9.17, 15) is 18.3 Å². The van der Waals surface area contributed by atoms with E-state index in [1.165, 1.54) is 32.6 Å². The molecule has 7 nitrogen and oxygen atoms in total. The van der Waals surface area contributed by atoms with Gasteiger partial charge in [-0.2, -0.15) is 0 Å². The number of hydrogen-bond donors (Lipinski definition) is 1. The molecule has 160 valence electrons. The zero-order valence-corrected chi connectivity index (χ0v) is 18.9.